The summed E-state index contributed by atoms with van der Waals surface area (Å²) in [4.78, 5) is 8.93. The minimum Gasteiger partial charge on any atom is -0.503 e. The van der Waals surface area contributed by atoms with E-state index in [1.54, 1.807) is 6.20 Å². The van der Waals surface area contributed by atoms with E-state index in [1.807, 2.05) is 72.1 Å². The van der Waals surface area contributed by atoms with E-state index in [0.29, 0.717) is 17.3 Å². The monoisotopic (exact) mass is 610 g/mol. The molecule has 0 saturated heterocycles. The first-order valence-electron chi connectivity index (χ1n) is 10.2. The second-order valence-corrected chi connectivity index (χ2v) is 7.39. The number of nitrogens with zero attached hydrogens (tertiary/aromatic N) is 4. The normalized spacial score (nSPS) is 10.9. The number of ether oxygens (including phenoxy) is 1. The first-order chi connectivity index (χ1) is 15.7. The van der Waals surface area contributed by atoms with Crippen molar-refractivity contribution in [1.82, 2.24) is 19.6 Å². The molecule has 6 nitrogen and oxygen atoms in total. The van der Waals surface area contributed by atoms with Crippen LogP contribution in [0.1, 0.15) is 5.82 Å². The third kappa shape index (κ3) is 3.94. The smallest absolute Gasteiger partial charge is 0.503 e. The van der Waals surface area contributed by atoms with E-state index in [1.165, 1.54) is 0 Å². The third-order valence-corrected chi connectivity index (χ3v) is 5.19. The summed E-state index contributed by atoms with van der Waals surface area (Å²) in [5.74, 6) is 2.62. The fraction of sp³-hybridized carbons (Fsp3) is 0.0385. The van der Waals surface area contributed by atoms with Gasteiger partial charge in [-0.25, -0.2) is 4.98 Å². The molecule has 0 radical (unpaired) electrons. The molecule has 0 spiro atoms. The first-order valence-corrected chi connectivity index (χ1v) is 10.2. The van der Waals surface area contributed by atoms with Gasteiger partial charge in [-0.15, -0.1) is 30.3 Å². The van der Waals surface area contributed by atoms with Gasteiger partial charge in [0.2, 0.25) is 0 Å². The van der Waals surface area contributed by atoms with Gasteiger partial charge in [0.25, 0.3) is 0 Å². The van der Waals surface area contributed by atoms with Crippen LogP contribution in [-0.4, -0.2) is 19.6 Å². The summed E-state index contributed by atoms with van der Waals surface area (Å²) in [5, 5.41) is 10.8. The standard InChI is InChI=1S/C26H17N5O.Pt/c1-17-28-26-23-16-20(12-13-21(23)22-9-2-3-10-24(22)31(26)30-17)32-19-8-6-7-18(15-19)29-25-11-4-5-14-27-25;/h2-14H,1H3,(H,27,29);/q-2;+2. The third-order valence-electron chi connectivity index (χ3n) is 5.19. The van der Waals surface area contributed by atoms with Crippen LogP contribution >= 0.6 is 0 Å². The molecule has 0 fully saturated rings. The summed E-state index contributed by atoms with van der Waals surface area (Å²) in [5.41, 5.74) is 2.54. The zero-order chi connectivity index (χ0) is 21.5. The van der Waals surface area contributed by atoms with Crippen molar-refractivity contribution in [3.63, 3.8) is 0 Å². The second kappa shape index (κ2) is 8.64. The molecule has 0 amide bonds. The summed E-state index contributed by atoms with van der Waals surface area (Å²) in [6.45, 7) is 1.89. The number of benzene rings is 3. The van der Waals surface area contributed by atoms with Crippen LogP contribution in [0.2, 0.25) is 0 Å². The minimum absolute atomic E-state index is 0. The van der Waals surface area contributed by atoms with E-state index in [4.69, 9.17) is 4.74 Å². The fourth-order valence-electron chi connectivity index (χ4n) is 3.84. The van der Waals surface area contributed by atoms with Gasteiger partial charge < -0.3 is 10.1 Å². The molecular weight excluding hydrogens is 593 g/mol. The molecule has 7 heteroatoms. The van der Waals surface area contributed by atoms with Crippen molar-refractivity contribution in [3.8, 4) is 11.5 Å². The molecule has 6 aromatic rings. The molecule has 0 atom stereocenters. The average Bonchev–Trinajstić information content (AvgIpc) is 3.22. The largest absolute Gasteiger partial charge is 2.00 e. The predicted octanol–water partition coefficient (Wildman–Crippen LogP) is 5.87. The van der Waals surface area contributed by atoms with E-state index < -0.39 is 0 Å². The number of pyridine rings is 2. The van der Waals surface area contributed by atoms with Gasteiger partial charge in [-0.05, 0) is 30.5 Å². The molecule has 1 N–H and O–H groups in total. The topological polar surface area (TPSA) is 64.3 Å². The maximum Gasteiger partial charge on any atom is 2.00 e. The number of rotatable bonds is 4. The molecular formula is C26H17N5OPt. The number of anilines is 2. The Balaban J connectivity index is 0.00000228. The van der Waals surface area contributed by atoms with E-state index in [0.717, 1.165) is 38.8 Å². The maximum atomic E-state index is 6.10. The molecule has 0 unspecified atom stereocenters. The Bertz CT molecular complexity index is 1600. The van der Waals surface area contributed by atoms with Gasteiger partial charge in [-0.2, -0.15) is 11.2 Å². The van der Waals surface area contributed by atoms with Crippen LogP contribution < -0.4 is 10.1 Å². The summed E-state index contributed by atoms with van der Waals surface area (Å²) in [6.07, 6.45) is 1.74. The molecule has 0 saturated carbocycles. The van der Waals surface area contributed by atoms with Gasteiger partial charge in [0.05, 0.1) is 11.2 Å². The van der Waals surface area contributed by atoms with Gasteiger partial charge in [0.1, 0.15) is 11.6 Å². The molecule has 33 heavy (non-hydrogen) atoms. The molecule has 0 aliphatic rings. The van der Waals surface area contributed by atoms with E-state index in [2.05, 4.69) is 44.6 Å². The van der Waals surface area contributed by atoms with Crippen LogP contribution in [0.3, 0.4) is 0 Å². The molecule has 6 rings (SSSR count). The van der Waals surface area contributed by atoms with Gasteiger partial charge in [0, 0.05) is 17.7 Å². The van der Waals surface area contributed by atoms with Crippen molar-refractivity contribution in [2.45, 2.75) is 6.92 Å². The first kappa shape index (κ1) is 21.1. The van der Waals surface area contributed by atoms with E-state index in [-0.39, 0.29) is 21.1 Å². The van der Waals surface area contributed by atoms with E-state index >= 15 is 0 Å². The van der Waals surface area contributed by atoms with Crippen molar-refractivity contribution in [1.29, 1.82) is 0 Å². The van der Waals surface area contributed by atoms with Crippen LogP contribution in [0, 0.1) is 19.1 Å². The molecule has 0 bridgehead atoms. The molecule has 0 aliphatic heterocycles. The van der Waals surface area contributed by atoms with E-state index in [9.17, 15) is 0 Å². The van der Waals surface area contributed by atoms with Crippen molar-refractivity contribution in [3.05, 3.63) is 97.0 Å². The number of nitrogens with one attached hydrogen (secondary N) is 1. The number of hydrogen-bond donors (Lipinski definition) is 1. The minimum atomic E-state index is 0. The summed E-state index contributed by atoms with van der Waals surface area (Å²) >= 11 is 0. The molecule has 3 aromatic heterocycles. The Kier molecular flexibility index (Phi) is 5.53. The summed E-state index contributed by atoms with van der Waals surface area (Å²) in [6, 6.07) is 30.1. The van der Waals surface area contributed by atoms with Crippen LogP contribution in [0.25, 0.3) is 27.3 Å². The SMILES string of the molecule is Cc1nc2c3[c-]c(Oc4[c-]c(Nc5ccccn5)ccc4)ccc3c3ccccc3n2n1.[Pt+2]. The zero-order valence-corrected chi connectivity index (χ0v) is 19.8. The Hall–Kier alpha value is -3.76. The van der Waals surface area contributed by atoms with Crippen LogP contribution in [0.5, 0.6) is 11.5 Å². The van der Waals surface area contributed by atoms with Gasteiger partial charge in [0.15, 0.2) is 0 Å². The van der Waals surface area contributed by atoms with Crippen LogP contribution in [-0.2, 0) is 21.1 Å². The van der Waals surface area contributed by atoms with Gasteiger partial charge >= 0.3 is 21.1 Å². The van der Waals surface area contributed by atoms with Crippen LogP contribution in [0.15, 0.2) is 79.0 Å². The van der Waals surface area contributed by atoms with Crippen molar-refractivity contribution < 1.29 is 25.8 Å². The predicted molar refractivity (Wildman–Crippen MR) is 124 cm³/mol. The van der Waals surface area contributed by atoms with Gasteiger partial charge in [-0.3, -0.25) is 9.50 Å². The zero-order valence-electron chi connectivity index (χ0n) is 17.5. The number of para-hydroxylation sites is 1. The number of aromatic nitrogens is 4. The number of aryl methyl sites for hydroxylation is 1. The maximum absolute atomic E-state index is 6.10. The number of fused-ring (bicyclic) bond motifs is 6. The number of hydrogen-bond acceptors (Lipinski definition) is 5. The van der Waals surface area contributed by atoms with Gasteiger partial charge in [-0.1, -0.05) is 46.8 Å². The Morgan fingerprint density at radius 1 is 0.848 bits per heavy atom. The second-order valence-electron chi connectivity index (χ2n) is 7.39. The molecule has 3 aromatic carbocycles. The Labute approximate surface area is 204 Å². The Morgan fingerprint density at radius 3 is 2.58 bits per heavy atom. The molecule has 3 heterocycles. The summed E-state index contributed by atoms with van der Waals surface area (Å²) in [7, 11) is 0. The average molecular weight is 611 g/mol. The van der Waals surface area contributed by atoms with Crippen molar-refractivity contribution in [2.75, 3.05) is 5.32 Å². The van der Waals surface area contributed by atoms with Crippen molar-refractivity contribution >= 4 is 38.8 Å². The fourth-order valence-corrected chi connectivity index (χ4v) is 3.84. The van der Waals surface area contributed by atoms with Crippen LogP contribution in [0.4, 0.5) is 11.5 Å². The summed E-state index contributed by atoms with van der Waals surface area (Å²) < 4.78 is 7.98. The van der Waals surface area contributed by atoms with Crippen molar-refractivity contribution in [2.24, 2.45) is 0 Å². The molecule has 0 aliphatic carbocycles. The Morgan fingerprint density at radius 2 is 1.70 bits per heavy atom. The molecule has 162 valence electrons. The quantitative estimate of drug-likeness (QED) is 0.200.